The molecule has 2 saturated heterocycles. The third-order valence-corrected chi connectivity index (χ3v) is 14.8. The molecule has 354 valence electrons. The fraction of sp³-hybridized carbons (Fsp3) is 0.385. The van der Waals surface area contributed by atoms with Gasteiger partial charge in [-0.15, -0.1) is 0 Å². The van der Waals surface area contributed by atoms with E-state index in [1.165, 1.54) is 6.07 Å². The van der Waals surface area contributed by atoms with Gasteiger partial charge in [0.05, 0.1) is 35.4 Å². The van der Waals surface area contributed by atoms with Crippen molar-refractivity contribution in [2.75, 3.05) is 37.1 Å². The predicted octanol–water partition coefficient (Wildman–Crippen LogP) is 8.44. The lowest BCUT2D eigenvalue weighted by Gasteiger charge is -2.47. The summed E-state index contributed by atoms with van der Waals surface area (Å²) in [6.45, 7) is 5.19. The maximum absolute atomic E-state index is 16.2. The molecule has 5 amide bonds. The van der Waals surface area contributed by atoms with Gasteiger partial charge in [-0.25, -0.2) is 4.39 Å². The number of Topliss-reactive ketones (excluding diaryl/α,β-unsaturated/α-hetero) is 1. The van der Waals surface area contributed by atoms with Crippen LogP contribution in [0.1, 0.15) is 118 Å². The fourth-order valence-corrected chi connectivity index (χ4v) is 11.6. The van der Waals surface area contributed by atoms with Crippen LogP contribution in [0.25, 0.3) is 0 Å². The Morgan fingerprint density at radius 3 is 2.34 bits per heavy atom. The molecule has 4 aromatic rings. The molecule has 4 aromatic carbocycles. The lowest BCUT2D eigenvalue weighted by atomic mass is 9.55. The van der Waals surface area contributed by atoms with Gasteiger partial charge in [-0.05, 0) is 110 Å². The molecule has 4 atom stereocenters. The quantitative estimate of drug-likeness (QED) is 0.0489. The highest BCUT2D eigenvalue weighted by molar-refractivity contribution is 6.31. The standard InChI is InChI=1S/C52H52Cl2FN5O8/c1-30-15-22-40(46(62)56-30)60-48(64)35-11-5-9-32(42(35)49(60)65)10-7-25-67-27-28-68-26-8-14-41(61)31-16-19-34(20-17-31)57-47(63)45-43(36-12-6-13-38(54)44(36)55)52(51(59-45)23-3-2-4-24-51)37-21-18-33(53)29-39(37)58-50(52)66/h5-6,9,11-13,16-21,29,40,43,45,59H,1-4,7-8,10,14-15,22-28H2,(H,56,62)(H,57,63)(H,58,66)/t40?,43-,45+,52+/m0/s1. The highest BCUT2D eigenvalue weighted by Gasteiger charge is 2.72. The Bertz CT molecular complexity index is 2710. The van der Waals surface area contributed by atoms with Crippen molar-refractivity contribution >= 4 is 69.9 Å². The number of allylic oxidation sites excluding steroid dienone is 1. The number of carbonyl (C=O) groups is 6. The number of fused-ring (bicyclic) bond motifs is 4. The first-order chi connectivity index (χ1) is 32.8. The van der Waals surface area contributed by atoms with Gasteiger partial charge in [0.25, 0.3) is 11.8 Å². The number of nitrogens with zero attached hydrogens (tertiary/aromatic N) is 1. The van der Waals surface area contributed by atoms with Crippen LogP contribution in [0.15, 0.2) is 91.1 Å². The van der Waals surface area contributed by atoms with E-state index in [9.17, 15) is 28.8 Å². The van der Waals surface area contributed by atoms with Crippen molar-refractivity contribution in [1.82, 2.24) is 15.5 Å². The zero-order chi connectivity index (χ0) is 47.7. The van der Waals surface area contributed by atoms with E-state index in [-0.39, 0.29) is 28.7 Å². The molecule has 4 heterocycles. The summed E-state index contributed by atoms with van der Waals surface area (Å²) >= 11 is 12.8. The summed E-state index contributed by atoms with van der Waals surface area (Å²) in [5.41, 5.74) is 1.99. The number of halogens is 3. The number of imide groups is 1. The number of aryl methyl sites for hydroxylation is 1. The number of benzene rings is 4. The largest absolute Gasteiger partial charge is 0.379 e. The number of anilines is 2. The molecular weight excluding hydrogens is 913 g/mol. The van der Waals surface area contributed by atoms with Gasteiger partial charge >= 0.3 is 0 Å². The minimum atomic E-state index is -1.36. The number of piperidine rings is 1. The van der Waals surface area contributed by atoms with E-state index in [0.29, 0.717) is 116 Å². The van der Waals surface area contributed by atoms with Gasteiger partial charge in [-0.2, -0.15) is 0 Å². The maximum atomic E-state index is 16.2. The molecule has 3 fully saturated rings. The van der Waals surface area contributed by atoms with Crippen LogP contribution in [0.2, 0.25) is 10.0 Å². The van der Waals surface area contributed by atoms with E-state index in [1.54, 1.807) is 60.7 Å². The molecule has 1 saturated carbocycles. The normalized spacial score (nSPS) is 22.7. The second-order valence-corrected chi connectivity index (χ2v) is 19.1. The molecule has 5 aliphatic rings. The monoisotopic (exact) mass is 963 g/mol. The molecular formula is C52H52Cl2FN5O8. The number of ether oxygens (including phenoxy) is 2. The lowest BCUT2D eigenvalue weighted by molar-refractivity contribution is -0.125. The SMILES string of the molecule is C=C1CCC(N2C(=O)c3cccc(CCCOCCOCCCC(=O)c4ccc(NC(=O)[C@@H]5NC6(CCCCC6)[C@@]6(C(=O)Nc7cc(Cl)ccc76)[C@H]5c5cccc(Cl)c5F)cc4)c3C2=O)C(=O)N1. The highest BCUT2D eigenvalue weighted by Crippen LogP contribution is 2.63. The summed E-state index contributed by atoms with van der Waals surface area (Å²) in [6, 6.07) is 19.8. The van der Waals surface area contributed by atoms with Crippen LogP contribution in [-0.4, -0.2) is 84.3 Å². The molecule has 4 aliphatic heterocycles. The number of rotatable bonds is 16. The highest BCUT2D eigenvalue weighted by atomic mass is 35.5. The van der Waals surface area contributed by atoms with Crippen molar-refractivity contribution in [3.8, 4) is 0 Å². The van der Waals surface area contributed by atoms with Gasteiger partial charge in [0, 0.05) is 58.7 Å². The van der Waals surface area contributed by atoms with E-state index in [0.717, 1.165) is 29.7 Å². The van der Waals surface area contributed by atoms with Crippen molar-refractivity contribution in [2.45, 2.75) is 99.6 Å². The summed E-state index contributed by atoms with van der Waals surface area (Å²) in [5.74, 6) is -3.84. The summed E-state index contributed by atoms with van der Waals surface area (Å²) in [6.07, 6.45) is 6.46. The lowest BCUT2D eigenvalue weighted by Crippen LogP contribution is -2.60. The van der Waals surface area contributed by atoms with Crippen molar-refractivity contribution in [2.24, 2.45) is 0 Å². The van der Waals surface area contributed by atoms with Crippen LogP contribution in [-0.2, 0) is 35.7 Å². The van der Waals surface area contributed by atoms with Crippen molar-refractivity contribution in [3.05, 3.63) is 140 Å². The van der Waals surface area contributed by atoms with Crippen LogP contribution in [0, 0.1) is 5.82 Å². The second-order valence-electron chi connectivity index (χ2n) is 18.2. The number of nitrogens with one attached hydrogen (secondary N) is 4. The van der Waals surface area contributed by atoms with E-state index in [4.69, 9.17) is 32.7 Å². The topological polar surface area (TPSA) is 172 Å². The Kier molecular flexibility index (Phi) is 13.7. The predicted molar refractivity (Wildman–Crippen MR) is 254 cm³/mol. The molecule has 16 heteroatoms. The average molecular weight is 965 g/mol. The van der Waals surface area contributed by atoms with Crippen molar-refractivity contribution in [3.63, 3.8) is 0 Å². The van der Waals surface area contributed by atoms with Gasteiger partial charge < -0.3 is 25.4 Å². The van der Waals surface area contributed by atoms with Gasteiger partial charge in [-0.3, -0.25) is 39.0 Å². The first kappa shape index (κ1) is 47.3. The minimum Gasteiger partial charge on any atom is -0.379 e. The Balaban J connectivity index is 0.755. The molecule has 0 radical (unpaired) electrons. The zero-order valence-corrected chi connectivity index (χ0v) is 38.9. The van der Waals surface area contributed by atoms with Crippen LogP contribution in [0.5, 0.6) is 0 Å². The van der Waals surface area contributed by atoms with E-state index >= 15 is 4.39 Å². The Labute approximate surface area is 403 Å². The number of hydrogen-bond acceptors (Lipinski definition) is 9. The van der Waals surface area contributed by atoms with Crippen LogP contribution in [0.4, 0.5) is 15.8 Å². The zero-order valence-electron chi connectivity index (χ0n) is 37.4. The summed E-state index contributed by atoms with van der Waals surface area (Å²) in [5, 5.41) is 12.6. The summed E-state index contributed by atoms with van der Waals surface area (Å²) < 4.78 is 27.7. The number of hydrogen-bond donors (Lipinski definition) is 4. The molecule has 1 aliphatic carbocycles. The molecule has 13 nitrogen and oxygen atoms in total. The van der Waals surface area contributed by atoms with Crippen LogP contribution >= 0.6 is 23.2 Å². The Morgan fingerprint density at radius 1 is 0.853 bits per heavy atom. The van der Waals surface area contributed by atoms with Crippen molar-refractivity contribution in [1.29, 1.82) is 0 Å². The molecule has 1 unspecified atom stereocenters. The van der Waals surface area contributed by atoms with Gasteiger partial charge in [0.2, 0.25) is 17.7 Å². The number of amides is 5. The van der Waals surface area contributed by atoms with Gasteiger partial charge in [-0.1, -0.05) is 79.4 Å². The number of ketones is 1. The molecule has 4 N–H and O–H groups in total. The fourth-order valence-electron chi connectivity index (χ4n) is 11.2. The Morgan fingerprint density at radius 2 is 1.59 bits per heavy atom. The van der Waals surface area contributed by atoms with Gasteiger partial charge in [0.15, 0.2) is 5.78 Å². The molecule has 9 rings (SSSR count). The van der Waals surface area contributed by atoms with E-state index in [1.807, 2.05) is 12.1 Å². The summed E-state index contributed by atoms with van der Waals surface area (Å²) in [4.78, 5) is 82.5. The molecule has 0 aromatic heterocycles. The minimum absolute atomic E-state index is 0.0903. The van der Waals surface area contributed by atoms with Crippen LogP contribution in [0.3, 0.4) is 0 Å². The van der Waals surface area contributed by atoms with Crippen molar-refractivity contribution < 1.29 is 42.6 Å². The second kappa shape index (κ2) is 19.7. The van der Waals surface area contributed by atoms with E-state index in [2.05, 4.69) is 27.8 Å². The first-order valence-corrected chi connectivity index (χ1v) is 24.0. The Hall–Kier alpha value is -5.77. The third kappa shape index (κ3) is 8.55. The molecule has 2 spiro atoms. The average Bonchev–Trinajstić information content (AvgIpc) is 3.88. The van der Waals surface area contributed by atoms with E-state index < -0.39 is 58.4 Å². The maximum Gasteiger partial charge on any atom is 0.262 e. The summed E-state index contributed by atoms with van der Waals surface area (Å²) in [7, 11) is 0. The van der Waals surface area contributed by atoms with Crippen LogP contribution < -0.4 is 21.3 Å². The molecule has 68 heavy (non-hydrogen) atoms. The number of carbonyl (C=O) groups excluding carboxylic acids is 6. The third-order valence-electron chi connectivity index (χ3n) is 14.2. The van der Waals surface area contributed by atoms with Gasteiger partial charge in [0.1, 0.15) is 17.3 Å². The smallest absolute Gasteiger partial charge is 0.262 e. The first-order valence-electron chi connectivity index (χ1n) is 23.3. The molecule has 0 bridgehead atoms.